The highest BCUT2D eigenvalue weighted by atomic mass is 79.9. The van der Waals surface area contributed by atoms with Crippen molar-refractivity contribution in [3.05, 3.63) is 20.3 Å². The summed E-state index contributed by atoms with van der Waals surface area (Å²) in [5.74, 6) is 1.52. The lowest BCUT2D eigenvalue weighted by molar-refractivity contribution is 0.148. The van der Waals surface area contributed by atoms with Gasteiger partial charge in [-0.25, -0.2) is 0 Å². The minimum absolute atomic E-state index is 0.198. The van der Waals surface area contributed by atoms with Crippen LogP contribution in [0.15, 0.2) is 9.85 Å². The second-order valence-electron chi connectivity index (χ2n) is 6.94. The fourth-order valence-corrected chi connectivity index (χ4v) is 5.56. The smallest absolute Gasteiger partial charge is 0.0704 e. The molecule has 3 heteroatoms. The number of hydrogen-bond acceptors (Lipinski definition) is 1. The van der Waals surface area contributed by atoms with E-state index in [9.17, 15) is 0 Å². The van der Waals surface area contributed by atoms with E-state index in [2.05, 4.69) is 49.7 Å². The number of halogens is 2. The summed E-state index contributed by atoms with van der Waals surface area (Å²) in [7, 11) is 0. The number of aryl methyl sites for hydroxylation is 1. The van der Waals surface area contributed by atoms with Crippen LogP contribution in [-0.4, -0.2) is 0 Å². The Morgan fingerprint density at radius 2 is 1.84 bits per heavy atom. The van der Waals surface area contributed by atoms with Crippen LogP contribution in [0.4, 0.5) is 0 Å². The summed E-state index contributed by atoms with van der Waals surface area (Å²) in [5.41, 5.74) is 1.80. The van der Waals surface area contributed by atoms with Crippen molar-refractivity contribution in [3.8, 4) is 0 Å². The van der Waals surface area contributed by atoms with Gasteiger partial charge in [0.25, 0.3) is 0 Å². The summed E-state index contributed by atoms with van der Waals surface area (Å²) >= 11 is 12.1. The number of thiophene rings is 1. The lowest BCUT2D eigenvalue weighted by Crippen LogP contribution is -2.27. The van der Waals surface area contributed by atoms with Crippen LogP contribution in [0, 0.1) is 24.2 Å². The van der Waals surface area contributed by atoms with Gasteiger partial charge in [-0.05, 0) is 77.4 Å². The Kier molecular flexibility index (Phi) is 5.07. The van der Waals surface area contributed by atoms with Crippen molar-refractivity contribution in [1.29, 1.82) is 0 Å². The Morgan fingerprint density at radius 3 is 2.26 bits per heavy atom. The van der Waals surface area contributed by atoms with Crippen molar-refractivity contribution in [3.63, 3.8) is 0 Å². The largest absolute Gasteiger partial charge is 0.133 e. The highest BCUT2D eigenvalue weighted by Crippen LogP contribution is 2.47. The SMILES string of the molecule is Cc1sc(Br)cc1C(Cl)C1CCC(C(C)(C)C)CC1. The molecule has 1 fully saturated rings. The molecular weight excluding hydrogens is 340 g/mol. The van der Waals surface area contributed by atoms with Gasteiger partial charge in [-0.15, -0.1) is 22.9 Å². The predicted molar refractivity (Wildman–Crippen MR) is 90.3 cm³/mol. The molecule has 0 radical (unpaired) electrons. The monoisotopic (exact) mass is 362 g/mol. The zero-order valence-corrected chi connectivity index (χ0v) is 15.5. The van der Waals surface area contributed by atoms with Crippen LogP contribution in [0.1, 0.15) is 62.3 Å². The van der Waals surface area contributed by atoms with Crippen LogP contribution in [0.25, 0.3) is 0 Å². The predicted octanol–water partition coefficient (Wildman–Crippen LogP) is 6.95. The molecule has 1 unspecified atom stereocenters. The Morgan fingerprint density at radius 1 is 1.26 bits per heavy atom. The second-order valence-corrected chi connectivity index (χ2v) is 10.0. The van der Waals surface area contributed by atoms with Crippen molar-refractivity contribution < 1.29 is 0 Å². The maximum absolute atomic E-state index is 6.75. The third kappa shape index (κ3) is 3.77. The molecule has 2 rings (SSSR count). The average Bonchev–Trinajstić information content (AvgIpc) is 2.66. The summed E-state index contributed by atoms with van der Waals surface area (Å²) in [6.07, 6.45) is 5.23. The van der Waals surface area contributed by atoms with Gasteiger partial charge in [0.15, 0.2) is 0 Å². The number of rotatable bonds is 2. The topological polar surface area (TPSA) is 0 Å². The van der Waals surface area contributed by atoms with Crippen molar-refractivity contribution in [2.75, 3.05) is 0 Å². The molecule has 19 heavy (non-hydrogen) atoms. The first-order valence-corrected chi connectivity index (χ1v) is 9.23. The van der Waals surface area contributed by atoms with Crippen LogP contribution >= 0.6 is 38.9 Å². The van der Waals surface area contributed by atoms with Gasteiger partial charge in [0, 0.05) is 4.88 Å². The van der Waals surface area contributed by atoms with Crippen LogP contribution < -0.4 is 0 Å². The second kappa shape index (κ2) is 6.07. The quantitative estimate of drug-likeness (QED) is 0.498. The van der Waals surface area contributed by atoms with Gasteiger partial charge in [0.05, 0.1) is 9.16 Å². The van der Waals surface area contributed by atoms with E-state index < -0.39 is 0 Å². The highest BCUT2D eigenvalue weighted by Gasteiger charge is 2.33. The molecule has 1 aromatic rings. The van der Waals surface area contributed by atoms with Gasteiger partial charge in [0.2, 0.25) is 0 Å². The molecule has 0 aromatic carbocycles. The minimum Gasteiger partial charge on any atom is -0.133 e. The number of alkyl halides is 1. The molecule has 0 N–H and O–H groups in total. The van der Waals surface area contributed by atoms with E-state index in [1.54, 1.807) is 11.3 Å². The lowest BCUT2D eigenvalue weighted by Gasteiger charge is -2.38. The molecule has 1 aliphatic rings. The zero-order valence-electron chi connectivity index (χ0n) is 12.3. The molecule has 108 valence electrons. The number of hydrogen-bond donors (Lipinski definition) is 0. The first kappa shape index (κ1) is 15.9. The highest BCUT2D eigenvalue weighted by molar-refractivity contribution is 9.11. The molecule has 0 aliphatic heterocycles. The van der Waals surface area contributed by atoms with Crippen LogP contribution in [-0.2, 0) is 0 Å². The van der Waals surface area contributed by atoms with Crippen molar-refractivity contribution in [2.45, 2.75) is 58.8 Å². The molecule has 0 spiro atoms. The summed E-state index contributed by atoms with van der Waals surface area (Å²) in [6, 6.07) is 2.22. The van der Waals surface area contributed by atoms with E-state index in [4.69, 9.17) is 11.6 Å². The Bertz CT molecular complexity index is 424. The lowest BCUT2D eigenvalue weighted by atomic mass is 9.69. The fraction of sp³-hybridized carbons (Fsp3) is 0.750. The molecule has 0 nitrogen and oxygen atoms in total. The van der Waals surface area contributed by atoms with Gasteiger partial charge in [-0.1, -0.05) is 20.8 Å². The molecule has 1 atom stereocenters. The maximum atomic E-state index is 6.75. The molecule has 1 aliphatic carbocycles. The average molecular weight is 364 g/mol. The molecule has 0 amide bonds. The van der Waals surface area contributed by atoms with E-state index in [0.717, 1.165) is 5.92 Å². The van der Waals surface area contributed by atoms with Gasteiger partial charge in [0.1, 0.15) is 0 Å². The third-order valence-electron chi connectivity index (χ3n) is 4.63. The van der Waals surface area contributed by atoms with Crippen molar-refractivity contribution in [1.82, 2.24) is 0 Å². The van der Waals surface area contributed by atoms with Gasteiger partial charge in [-0.3, -0.25) is 0 Å². The van der Waals surface area contributed by atoms with Crippen LogP contribution in [0.2, 0.25) is 0 Å². The fourth-order valence-electron chi connectivity index (χ4n) is 3.26. The van der Waals surface area contributed by atoms with Crippen molar-refractivity contribution in [2.24, 2.45) is 17.3 Å². The summed E-state index contributed by atoms with van der Waals surface area (Å²) in [6.45, 7) is 9.30. The van der Waals surface area contributed by atoms with Gasteiger partial charge >= 0.3 is 0 Å². The van der Waals surface area contributed by atoms with E-state index in [-0.39, 0.29) is 5.38 Å². The summed E-state index contributed by atoms with van der Waals surface area (Å²) in [4.78, 5) is 1.37. The zero-order chi connectivity index (χ0) is 14.2. The van der Waals surface area contributed by atoms with Crippen LogP contribution in [0.5, 0.6) is 0 Å². The van der Waals surface area contributed by atoms with E-state index in [1.165, 1.54) is 39.9 Å². The Hall–Kier alpha value is 0.470. The Labute approximate surface area is 135 Å². The van der Waals surface area contributed by atoms with Gasteiger partial charge in [-0.2, -0.15) is 0 Å². The third-order valence-corrected chi connectivity index (χ3v) is 6.79. The molecule has 1 aromatic heterocycles. The Balaban J connectivity index is 2.00. The van der Waals surface area contributed by atoms with Crippen molar-refractivity contribution >= 4 is 38.9 Å². The molecular formula is C16H24BrClS. The normalized spacial score (nSPS) is 26.4. The maximum Gasteiger partial charge on any atom is 0.0704 e. The molecule has 0 saturated heterocycles. The first-order valence-electron chi connectivity index (χ1n) is 7.19. The van der Waals surface area contributed by atoms with E-state index in [1.807, 2.05) is 0 Å². The standard InChI is InChI=1S/C16H24BrClS/c1-10-13(9-14(17)19-10)15(18)11-5-7-12(8-6-11)16(2,3)4/h9,11-12,15H,5-8H2,1-4H3. The minimum atomic E-state index is 0.198. The molecule has 1 heterocycles. The van der Waals surface area contributed by atoms with E-state index in [0.29, 0.717) is 11.3 Å². The van der Waals surface area contributed by atoms with E-state index >= 15 is 0 Å². The first-order chi connectivity index (χ1) is 8.79. The summed E-state index contributed by atoms with van der Waals surface area (Å²) in [5, 5.41) is 0.198. The molecule has 1 saturated carbocycles. The van der Waals surface area contributed by atoms with Gasteiger partial charge < -0.3 is 0 Å². The molecule has 0 bridgehead atoms. The van der Waals surface area contributed by atoms with Crippen LogP contribution in [0.3, 0.4) is 0 Å². The summed E-state index contributed by atoms with van der Waals surface area (Å²) < 4.78 is 1.20.